The number of hydrogen-bond donors (Lipinski definition) is 1. The third-order valence-corrected chi connectivity index (χ3v) is 1.56. The van der Waals surface area contributed by atoms with Gasteiger partial charge < -0.3 is 9.88 Å². The average Bonchev–Trinajstić information content (AvgIpc) is 2.09. The van der Waals surface area contributed by atoms with Crippen LogP contribution in [0.15, 0.2) is 29.3 Å². The van der Waals surface area contributed by atoms with Gasteiger partial charge in [-0.3, -0.25) is 9.59 Å². The molecule has 1 heterocycles. The molecule has 0 aromatic carbocycles. The molecular formula is C9H12N2O2. The first kappa shape index (κ1) is 9.51. The first-order chi connectivity index (χ1) is 6.22. The molecule has 1 aromatic heterocycles. The maximum Gasteiger partial charge on any atom is 0.239 e. The lowest BCUT2D eigenvalue weighted by molar-refractivity contribution is -0.121. The number of carbonyl (C=O) groups excluding carboxylic acids is 1. The van der Waals surface area contributed by atoms with E-state index in [9.17, 15) is 9.59 Å². The molecule has 0 aliphatic carbocycles. The smallest absolute Gasteiger partial charge is 0.239 e. The number of carbonyl (C=O) groups is 1. The molecule has 0 aliphatic rings. The van der Waals surface area contributed by atoms with Crippen molar-refractivity contribution in [3.63, 3.8) is 0 Å². The van der Waals surface area contributed by atoms with Crippen molar-refractivity contribution < 1.29 is 4.79 Å². The molecule has 0 radical (unpaired) electrons. The lowest BCUT2D eigenvalue weighted by atomic mass is 10.4. The predicted molar refractivity (Wildman–Crippen MR) is 49.4 cm³/mol. The van der Waals surface area contributed by atoms with Crippen LogP contribution in [-0.4, -0.2) is 17.0 Å². The van der Waals surface area contributed by atoms with Crippen LogP contribution in [0.5, 0.6) is 0 Å². The van der Waals surface area contributed by atoms with E-state index < -0.39 is 0 Å². The van der Waals surface area contributed by atoms with E-state index >= 15 is 0 Å². The molecule has 13 heavy (non-hydrogen) atoms. The molecule has 0 saturated carbocycles. The second kappa shape index (κ2) is 4.45. The quantitative estimate of drug-likeness (QED) is 0.711. The fourth-order valence-electron chi connectivity index (χ4n) is 0.968. The Morgan fingerprint density at radius 1 is 1.46 bits per heavy atom. The zero-order chi connectivity index (χ0) is 9.68. The molecule has 1 amide bonds. The van der Waals surface area contributed by atoms with E-state index in [1.165, 1.54) is 12.1 Å². The summed E-state index contributed by atoms with van der Waals surface area (Å²) in [7, 11) is 0. The first-order valence-corrected chi connectivity index (χ1v) is 4.15. The SMILES string of the molecule is CCNC(=O)Cn1ccc(=O)cc1. The van der Waals surface area contributed by atoms with Crippen LogP contribution < -0.4 is 10.7 Å². The van der Waals surface area contributed by atoms with Crippen LogP contribution in [0, 0.1) is 0 Å². The number of hydrogen-bond acceptors (Lipinski definition) is 2. The summed E-state index contributed by atoms with van der Waals surface area (Å²) in [5, 5.41) is 2.67. The normalized spacial score (nSPS) is 9.62. The van der Waals surface area contributed by atoms with Gasteiger partial charge in [0.25, 0.3) is 0 Å². The van der Waals surface area contributed by atoms with Crippen LogP contribution >= 0.6 is 0 Å². The summed E-state index contributed by atoms with van der Waals surface area (Å²) < 4.78 is 1.66. The Kier molecular flexibility index (Phi) is 3.25. The molecule has 1 aromatic rings. The van der Waals surface area contributed by atoms with Gasteiger partial charge in [0.05, 0.1) is 0 Å². The van der Waals surface area contributed by atoms with E-state index in [0.29, 0.717) is 6.54 Å². The minimum atomic E-state index is -0.0499. The van der Waals surface area contributed by atoms with Crippen LogP contribution in [0.1, 0.15) is 6.92 Å². The lowest BCUT2D eigenvalue weighted by Gasteiger charge is -2.04. The molecule has 0 saturated heterocycles. The van der Waals surface area contributed by atoms with E-state index in [1.54, 1.807) is 17.0 Å². The van der Waals surface area contributed by atoms with E-state index in [0.717, 1.165) is 0 Å². The van der Waals surface area contributed by atoms with Crippen molar-refractivity contribution in [3.05, 3.63) is 34.7 Å². The van der Waals surface area contributed by atoms with Crippen molar-refractivity contribution >= 4 is 5.91 Å². The summed E-state index contributed by atoms with van der Waals surface area (Å²) in [5.41, 5.74) is -0.0489. The Morgan fingerprint density at radius 2 is 2.08 bits per heavy atom. The fraction of sp³-hybridized carbons (Fsp3) is 0.333. The lowest BCUT2D eigenvalue weighted by Crippen LogP contribution is -2.27. The number of rotatable bonds is 3. The summed E-state index contributed by atoms with van der Waals surface area (Å²) in [6.07, 6.45) is 3.19. The Morgan fingerprint density at radius 3 is 2.62 bits per heavy atom. The number of aromatic nitrogens is 1. The highest BCUT2D eigenvalue weighted by atomic mass is 16.2. The Hall–Kier alpha value is -1.58. The van der Waals surface area contributed by atoms with Gasteiger partial charge >= 0.3 is 0 Å². The maximum atomic E-state index is 11.1. The summed E-state index contributed by atoms with van der Waals surface area (Å²) in [5.74, 6) is -0.0499. The molecular weight excluding hydrogens is 168 g/mol. The number of nitrogens with zero attached hydrogens (tertiary/aromatic N) is 1. The van der Waals surface area contributed by atoms with Gasteiger partial charge in [0.1, 0.15) is 6.54 Å². The number of nitrogens with one attached hydrogen (secondary N) is 1. The minimum Gasteiger partial charge on any atom is -0.355 e. The number of likely N-dealkylation sites (N-methyl/N-ethyl adjacent to an activating group) is 1. The van der Waals surface area contributed by atoms with Crippen LogP contribution in [0.25, 0.3) is 0 Å². The van der Waals surface area contributed by atoms with Gasteiger partial charge in [-0.2, -0.15) is 0 Å². The average molecular weight is 180 g/mol. The van der Waals surface area contributed by atoms with Crippen molar-refractivity contribution in [3.8, 4) is 0 Å². The molecule has 70 valence electrons. The van der Waals surface area contributed by atoms with E-state index in [4.69, 9.17) is 0 Å². The van der Waals surface area contributed by atoms with Crippen molar-refractivity contribution in [2.75, 3.05) is 6.54 Å². The second-order valence-corrected chi connectivity index (χ2v) is 2.66. The minimum absolute atomic E-state index is 0.0489. The topological polar surface area (TPSA) is 51.1 Å². The molecule has 1 N–H and O–H groups in total. The van der Waals surface area contributed by atoms with Crippen LogP contribution in [0.3, 0.4) is 0 Å². The molecule has 0 bridgehead atoms. The zero-order valence-corrected chi connectivity index (χ0v) is 7.49. The molecule has 0 unspecified atom stereocenters. The Labute approximate surface area is 76.2 Å². The molecule has 0 aliphatic heterocycles. The highest BCUT2D eigenvalue weighted by Crippen LogP contribution is 1.83. The summed E-state index contributed by atoms with van der Waals surface area (Å²) in [4.78, 5) is 21.8. The largest absolute Gasteiger partial charge is 0.355 e. The van der Waals surface area contributed by atoms with E-state index in [2.05, 4.69) is 5.32 Å². The molecule has 0 fully saturated rings. The Bertz CT molecular complexity index is 323. The highest BCUT2D eigenvalue weighted by molar-refractivity contribution is 5.75. The summed E-state index contributed by atoms with van der Waals surface area (Å²) in [6.45, 7) is 2.75. The van der Waals surface area contributed by atoms with Gasteiger partial charge in [-0.25, -0.2) is 0 Å². The third kappa shape index (κ3) is 3.11. The Balaban J connectivity index is 2.59. The summed E-state index contributed by atoms with van der Waals surface area (Å²) in [6, 6.07) is 2.86. The van der Waals surface area contributed by atoms with Crippen LogP contribution in [-0.2, 0) is 11.3 Å². The third-order valence-electron chi connectivity index (χ3n) is 1.56. The second-order valence-electron chi connectivity index (χ2n) is 2.66. The zero-order valence-electron chi connectivity index (χ0n) is 7.49. The van der Waals surface area contributed by atoms with Gasteiger partial charge in [-0.05, 0) is 6.92 Å². The number of pyridine rings is 1. The highest BCUT2D eigenvalue weighted by Gasteiger charge is 1.97. The van der Waals surface area contributed by atoms with Gasteiger partial charge in [-0.15, -0.1) is 0 Å². The monoisotopic (exact) mass is 180 g/mol. The summed E-state index contributed by atoms with van der Waals surface area (Å²) >= 11 is 0. The van der Waals surface area contributed by atoms with E-state index in [-0.39, 0.29) is 17.9 Å². The van der Waals surface area contributed by atoms with E-state index in [1.807, 2.05) is 6.92 Å². The van der Waals surface area contributed by atoms with Crippen molar-refractivity contribution in [1.82, 2.24) is 9.88 Å². The molecule has 0 spiro atoms. The molecule has 4 heteroatoms. The van der Waals surface area contributed by atoms with Gasteiger partial charge in [0.15, 0.2) is 5.43 Å². The van der Waals surface area contributed by atoms with Gasteiger partial charge in [0.2, 0.25) is 5.91 Å². The van der Waals surface area contributed by atoms with Crippen molar-refractivity contribution in [2.24, 2.45) is 0 Å². The predicted octanol–water partition coefficient (Wildman–Crippen LogP) is -0.0156. The maximum absolute atomic E-state index is 11.1. The van der Waals surface area contributed by atoms with Gasteiger partial charge in [0, 0.05) is 31.1 Å². The van der Waals surface area contributed by atoms with Gasteiger partial charge in [-0.1, -0.05) is 0 Å². The molecule has 0 atom stereocenters. The standard InChI is InChI=1S/C9H12N2O2/c1-2-10-9(13)7-11-5-3-8(12)4-6-11/h3-6H,2,7H2,1H3,(H,10,13). The van der Waals surface area contributed by atoms with Crippen molar-refractivity contribution in [1.29, 1.82) is 0 Å². The molecule has 4 nitrogen and oxygen atoms in total. The van der Waals surface area contributed by atoms with Crippen LogP contribution in [0.2, 0.25) is 0 Å². The van der Waals surface area contributed by atoms with Crippen molar-refractivity contribution in [2.45, 2.75) is 13.5 Å². The molecule has 1 rings (SSSR count). The number of amides is 1. The van der Waals surface area contributed by atoms with Crippen LogP contribution in [0.4, 0.5) is 0 Å². The first-order valence-electron chi connectivity index (χ1n) is 4.15. The fourth-order valence-corrected chi connectivity index (χ4v) is 0.968.